The highest BCUT2D eigenvalue weighted by molar-refractivity contribution is 5.94. The van der Waals surface area contributed by atoms with Crippen LogP contribution in [-0.2, 0) is 5.41 Å². The molecule has 0 saturated carbocycles. The van der Waals surface area contributed by atoms with Crippen molar-refractivity contribution >= 4 is 17.1 Å². The summed E-state index contributed by atoms with van der Waals surface area (Å²) in [7, 11) is 0. The van der Waals surface area contributed by atoms with Gasteiger partial charge in [0.25, 0.3) is 0 Å². The zero-order chi connectivity index (χ0) is 39.1. The summed E-state index contributed by atoms with van der Waals surface area (Å²) in [6, 6.07) is 81.6. The van der Waals surface area contributed by atoms with E-state index in [9.17, 15) is 0 Å². The van der Waals surface area contributed by atoms with Gasteiger partial charge < -0.3 is 4.90 Å². The lowest BCUT2D eigenvalue weighted by atomic mass is 9.81. The minimum Gasteiger partial charge on any atom is -0.311 e. The molecule has 0 amide bonds. The molecule has 0 saturated heterocycles. The maximum atomic E-state index is 2.41. The first-order valence-electron chi connectivity index (χ1n) is 20.2. The average Bonchev–Trinajstić information content (AvgIpc) is 3.53. The first-order valence-corrected chi connectivity index (χ1v) is 20.2. The second kappa shape index (κ2) is 14.7. The van der Waals surface area contributed by atoms with Crippen molar-refractivity contribution in [3.05, 3.63) is 236 Å². The van der Waals surface area contributed by atoms with Crippen molar-refractivity contribution < 1.29 is 0 Å². The van der Waals surface area contributed by atoms with E-state index in [-0.39, 0.29) is 5.41 Å². The van der Waals surface area contributed by atoms with Gasteiger partial charge in [0.1, 0.15) is 0 Å². The molecular weight excluding hydrogens is 699 g/mol. The van der Waals surface area contributed by atoms with Gasteiger partial charge in [-0.15, -0.1) is 0 Å². The Morgan fingerprint density at radius 2 is 0.638 bits per heavy atom. The van der Waals surface area contributed by atoms with E-state index >= 15 is 0 Å². The maximum absolute atomic E-state index is 2.41. The molecule has 0 atom stereocenters. The summed E-state index contributed by atoms with van der Waals surface area (Å²) in [6.07, 6.45) is 0. The van der Waals surface area contributed by atoms with E-state index < -0.39 is 0 Å². The summed E-state index contributed by atoms with van der Waals surface area (Å²) in [5.74, 6) is 0. The molecule has 0 N–H and O–H groups in total. The number of fused-ring (bicyclic) bond motifs is 3. The van der Waals surface area contributed by atoms with Crippen LogP contribution in [0.2, 0.25) is 0 Å². The highest BCUT2D eigenvalue weighted by Crippen LogP contribution is 2.53. The molecule has 0 spiro atoms. The Hall–Kier alpha value is -7.22. The van der Waals surface area contributed by atoms with E-state index in [0.717, 1.165) is 17.1 Å². The summed E-state index contributed by atoms with van der Waals surface area (Å²) < 4.78 is 0. The summed E-state index contributed by atoms with van der Waals surface area (Å²) in [5.41, 5.74) is 21.0. The minimum absolute atomic E-state index is 0.0587. The lowest BCUT2D eigenvalue weighted by Gasteiger charge is -2.26. The molecule has 0 heterocycles. The Kier molecular flexibility index (Phi) is 8.92. The SMILES string of the molecule is CC1(C)c2ccc(-c3ccc(-c4ccc(N(c5ccc(-c6ccccc6)cc5)c5ccc(-c6ccccc6)cc5)cc4)cc3)cc2-c2c(-c3ccccc3)cccc21. The third kappa shape index (κ3) is 6.41. The lowest BCUT2D eigenvalue weighted by Crippen LogP contribution is -2.14. The van der Waals surface area contributed by atoms with Gasteiger partial charge in [0.2, 0.25) is 0 Å². The number of nitrogens with zero attached hydrogens (tertiary/aromatic N) is 1. The fourth-order valence-corrected chi connectivity index (χ4v) is 8.81. The van der Waals surface area contributed by atoms with E-state index in [1.165, 1.54) is 77.9 Å². The number of anilines is 3. The summed E-state index contributed by atoms with van der Waals surface area (Å²) in [4.78, 5) is 2.34. The highest BCUT2D eigenvalue weighted by atomic mass is 15.1. The van der Waals surface area contributed by atoms with Crippen LogP contribution in [0.25, 0.3) is 66.8 Å². The van der Waals surface area contributed by atoms with Crippen LogP contribution in [0.5, 0.6) is 0 Å². The topological polar surface area (TPSA) is 3.24 Å². The van der Waals surface area contributed by atoms with Gasteiger partial charge in [-0.2, -0.15) is 0 Å². The van der Waals surface area contributed by atoms with Gasteiger partial charge >= 0.3 is 0 Å². The Balaban J connectivity index is 0.956. The van der Waals surface area contributed by atoms with Crippen LogP contribution >= 0.6 is 0 Å². The fourth-order valence-electron chi connectivity index (χ4n) is 8.81. The number of hydrogen-bond donors (Lipinski definition) is 0. The summed E-state index contributed by atoms with van der Waals surface area (Å²) >= 11 is 0. The Morgan fingerprint density at radius 1 is 0.276 bits per heavy atom. The van der Waals surface area contributed by atoms with Crippen molar-refractivity contribution in [2.75, 3.05) is 4.90 Å². The van der Waals surface area contributed by atoms with Gasteiger partial charge in [0, 0.05) is 22.5 Å². The molecule has 276 valence electrons. The van der Waals surface area contributed by atoms with Crippen molar-refractivity contribution in [2.24, 2.45) is 0 Å². The Labute approximate surface area is 342 Å². The first-order chi connectivity index (χ1) is 28.5. The van der Waals surface area contributed by atoms with Crippen molar-refractivity contribution in [1.82, 2.24) is 0 Å². The normalized spacial score (nSPS) is 12.4. The molecule has 9 aromatic rings. The monoisotopic (exact) mass is 741 g/mol. The van der Waals surface area contributed by atoms with Gasteiger partial charge in [-0.25, -0.2) is 0 Å². The van der Waals surface area contributed by atoms with Gasteiger partial charge in [-0.3, -0.25) is 0 Å². The van der Waals surface area contributed by atoms with Crippen LogP contribution in [0.1, 0.15) is 25.0 Å². The molecule has 1 nitrogen and oxygen atoms in total. The quantitative estimate of drug-likeness (QED) is 0.150. The molecule has 0 aromatic heterocycles. The van der Waals surface area contributed by atoms with Crippen LogP contribution in [0.4, 0.5) is 17.1 Å². The minimum atomic E-state index is -0.0587. The molecule has 0 radical (unpaired) electrons. The first kappa shape index (κ1) is 35.2. The zero-order valence-corrected chi connectivity index (χ0v) is 32.8. The zero-order valence-electron chi connectivity index (χ0n) is 32.8. The molecule has 1 aliphatic carbocycles. The highest BCUT2D eigenvalue weighted by Gasteiger charge is 2.37. The van der Waals surface area contributed by atoms with E-state index in [0.29, 0.717) is 0 Å². The largest absolute Gasteiger partial charge is 0.311 e. The number of benzene rings is 9. The molecule has 1 heteroatoms. The van der Waals surface area contributed by atoms with Gasteiger partial charge in [0.15, 0.2) is 0 Å². The molecule has 1 aliphatic rings. The molecule has 9 aromatic carbocycles. The van der Waals surface area contributed by atoms with Crippen molar-refractivity contribution in [3.63, 3.8) is 0 Å². The van der Waals surface area contributed by atoms with Crippen LogP contribution in [-0.4, -0.2) is 0 Å². The molecule has 0 bridgehead atoms. The molecule has 0 fully saturated rings. The van der Waals surface area contributed by atoms with Crippen molar-refractivity contribution in [1.29, 1.82) is 0 Å². The van der Waals surface area contributed by atoms with E-state index in [2.05, 4.69) is 243 Å². The third-order valence-corrected chi connectivity index (χ3v) is 11.9. The standard InChI is InChI=1S/C57H43N/c1-57(2)54-38-31-48(39-53(54)56-52(19-12-20-55(56)57)47-17-10-5-11-18-47)46-23-21-42(22-24-46)45-29-36-51(37-30-45)58(49-32-25-43(26-33-49)40-13-6-3-7-14-40)50-34-27-44(28-35-50)41-15-8-4-9-16-41/h3-39H,1-2H3. The second-order valence-corrected chi connectivity index (χ2v) is 15.8. The van der Waals surface area contributed by atoms with E-state index in [1.54, 1.807) is 0 Å². The number of hydrogen-bond acceptors (Lipinski definition) is 1. The van der Waals surface area contributed by atoms with Crippen LogP contribution in [0.3, 0.4) is 0 Å². The second-order valence-electron chi connectivity index (χ2n) is 15.8. The fraction of sp³-hybridized carbons (Fsp3) is 0.0526. The predicted molar refractivity (Wildman–Crippen MR) is 246 cm³/mol. The Morgan fingerprint density at radius 3 is 1.09 bits per heavy atom. The molecule has 58 heavy (non-hydrogen) atoms. The van der Waals surface area contributed by atoms with E-state index in [1.807, 2.05) is 0 Å². The van der Waals surface area contributed by atoms with E-state index in [4.69, 9.17) is 0 Å². The molecule has 10 rings (SSSR count). The number of rotatable bonds is 8. The van der Waals surface area contributed by atoms with Crippen LogP contribution in [0, 0.1) is 0 Å². The van der Waals surface area contributed by atoms with Gasteiger partial charge in [0.05, 0.1) is 0 Å². The lowest BCUT2D eigenvalue weighted by molar-refractivity contribution is 0.660. The smallest absolute Gasteiger partial charge is 0.0462 e. The molecular formula is C57H43N. The van der Waals surface area contributed by atoms with Gasteiger partial charge in [-0.1, -0.05) is 196 Å². The van der Waals surface area contributed by atoms with Gasteiger partial charge in [-0.05, 0) is 120 Å². The summed E-state index contributed by atoms with van der Waals surface area (Å²) in [6.45, 7) is 4.71. The maximum Gasteiger partial charge on any atom is 0.0462 e. The summed E-state index contributed by atoms with van der Waals surface area (Å²) in [5, 5.41) is 0. The molecule has 0 unspecified atom stereocenters. The third-order valence-electron chi connectivity index (χ3n) is 11.9. The average molecular weight is 742 g/mol. The Bertz CT molecular complexity index is 2750. The molecule has 0 aliphatic heterocycles. The van der Waals surface area contributed by atoms with Crippen molar-refractivity contribution in [2.45, 2.75) is 19.3 Å². The van der Waals surface area contributed by atoms with Crippen molar-refractivity contribution in [3.8, 4) is 66.8 Å². The predicted octanol–water partition coefficient (Wildman–Crippen LogP) is 15.8. The van der Waals surface area contributed by atoms with Crippen LogP contribution in [0.15, 0.2) is 224 Å². The van der Waals surface area contributed by atoms with Crippen LogP contribution < -0.4 is 4.90 Å².